The molecule has 1 amide bonds. The summed E-state index contributed by atoms with van der Waals surface area (Å²) in [7, 11) is 0. The number of carbonyl (C=O) groups excluding carboxylic acids is 1. The number of amides is 1. The van der Waals surface area contributed by atoms with Crippen molar-refractivity contribution in [3.63, 3.8) is 0 Å². The fourth-order valence-corrected chi connectivity index (χ4v) is 2.09. The van der Waals surface area contributed by atoms with Crippen molar-refractivity contribution in [3.05, 3.63) is 23.9 Å². The van der Waals surface area contributed by atoms with Gasteiger partial charge in [-0.15, -0.1) is 0 Å². The van der Waals surface area contributed by atoms with Crippen molar-refractivity contribution in [2.24, 2.45) is 0 Å². The predicted molar refractivity (Wildman–Crippen MR) is 68.7 cm³/mol. The lowest BCUT2D eigenvalue weighted by Crippen LogP contribution is -2.35. The number of hydrogen-bond donors (Lipinski definition) is 1. The second-order valence-corrected chi connectivity index (χ2v) is 4.63. The van der Waals surface area contributed by atoms with E-state index in [9.17, 15) is 4.79 Å². The van der Waals surface area contributed by atoms with Crippen molar-refractivity contribution in [3.8, 4) is 0 Å². The molecule has 1 aromatic rings. The van der Waals surface area contributed by atoms with Crippen molar-refractivity contribution in [2.45, 2.75) is 32.4 Å². The number of pyridine rings is 1. The standard InChI is InChI=1S/C13H19N3O2/c1-10(17)16(9-12-3-2-6-18-12)8-11-4-5-13(14)15-7-11/h4-5,7,12H,2-3,6,8-9H2,1H3,(H2,14,15)/t12-/m1/s1. The van der Waals surface area contributed by atoms with Crippen LogP contribution in [0.2, 0.25) is 0 Å². The zero-order chi connectivity index (χ0) is 13.0. The molecule has 1 aliphatic heterocycles. The zero-order valence-corrected chi connectivity index (χ0v) is 10.6. The Balaban J connectivity index is 1.97. The Bertz CT molecular complexity index is 399. The third-order valence-electron chi connectivity index (χ3n) is 3.11. The summed E-state index contributed by atoms with van der Waals surface area (Å²) in [4.78, 5) is 17.5. The lowest BCUT2D eigenvalue weighted by atomic mass is 10.2. The molecular weight excluding hydrogens is 230 g/mol. The van der Waals surface area contributed by atoms with Crippen LogP contribution in [-0.4, -0.2) is 35.0 Å². The molecule has 2 heterocycles. The highest BCUT2D eigenvalue weighted by Crippen LogP contribution is 2.15. The van der Waals surface area contributed by atoms with Gasteiger partial charge in [-0.25, -0.2) is 4.98 Å². The van der Waals surface area contributed by atoms with Crippen LogP contribution in [0.15, 0.2) is 18.3 Å². The Morgan fingerprint density at radius 2 is 2.44 bits per heavy atom. The molecule has 1 aliphatic rings. The maximum atomic E-state index is 11.6. The molecular formula is C13H19N3O2. The summed E-state index contributed by atoms with van der Waals surface area (Å²) in [5, 5.41) is 0. The molecule has 18 heavy (non-hydrogen) atoms. The summed E-state index contributed by atoms with van der Waals surface area (Å²) >= 11 is 0. The summed E-state index contributed by atoms with van der Waals surface area (Å²) < 4.78 is 5.56. The Hall–Kier alpha value is -1.62. The quantitative estimate of drug-likeness (QED) is 0.870. The van der Waals surface area contributed by atoms with Crippen LogP contribution in [0.1, 0.15) is 25.3 Å². The van der Waals surface area contributed by atoms with Crippen LogP contribution in [-0.2, 0) is 16.1 Å². The minimum atomic E-state index is 0.0577. The van der Waals surface area contributed by atoms with Gasteiger partial charge in [0.05, 0.1) is 6.10 Å². The first-order valence-electron chi connectivity index (χ1n) is 6.22. The average Bonchev–Trinajstić information content (AvgIpc) is 2.84. The van der Waals surface area contributed by atoms with E-state index in [0.717, 1.165) is 25.0 Å². The SMILES string of the molecule is CC(=O)N(Cc1ccc(N)nc1)C[C@H]1CCCO1. The van der Waals surface area contributed by atoms with E-state index >= 15 is 0 Å². The average molecular weight is 249 g/mol. The lowest BCUT2D eigenvalue weighted by molar-refractivity contribution is -0.131. The first-order chi connectivity index (χ1) is 8.65. The highest BCUT2D eigenvalue weighted by Gasteiger charge is 2.20. The zero-order valence-electron chi connectivity index (χ0n) is 10.6. The molecule has 98 valence electrons. The molecule has 1 atom stereocenters. The van der Waals surface area contributed by atoms with Crippen molar-refractivity contribution < 1.29 is 9.53 Å². The molecule has 1 fully saturated rings. The first-order valence-corrected chi connectivity index (χ1v) is 6.22. The van der Waals surface area contributed by atoms with Crippen LogP contribution in [0, 0.1) is 0 Å². The number of nitrogen functional groups attached to an aromatic ring is 1. The van der Waals surface area contributed by atoms with Crippen LogP contribution in [0.3, 0.4) is 0 Å². The van der Waals surface area contributed by atoms with Crippen LogP contribution in [0.4, 0.5) is 5.82 Å². The topological polar surface area (TPSA) is 68.5 Å². The number of anilines is 1. The van der Waals surface area contributed by atoms with E-state index in [1.807, 2.05) is 6.07 Å². The number of aromatic nitrogens is 1. The van der Waals surface area contributed by atoms with Crippen molar-refractivity contribution in [1.82, 2.24) is 9.88 Å². The van der Waals surface area contributed by atoms with Crippen molar-refractivity contribution in [2.75, 3.05) is 18.9 Å². The van der Waals surface area contributed by atoms with E-state index in [1.54, 1.807) is 24.1 Å². The molecule has 0 radical (unpaired) electrons. The fraction of sp³-hybridized carbons (Fsp3) is 0.538. The predicted octanol–water partition coefficient (Wildman–Crippen LogP) is 1.19. The summed E-state index contributed by atoms with van der Waals surface area (Å²) in [6.45, 7) is 3.60. The number of nitrogens with zero attached hydrogens (tertiary/aromatic N) is 2. The molecule has 0 saturated carbocycles. The molecule has 0 aromatic carbocycles. The highest BCUT2D eigenvalue weighted by atomic mass is 16.5. The molecule has 2 rings (SSSR count). The number of hydrogen-bond acceptors (Lipinski definition) is 4. The summed E-state index contributed by atoms with van der Waals surface area (Å²) in [5.41, 5.74) is 6.52. The number of nitrogens with two attached hydrogens (primary N) is 1. The van der Waals surface area contributed by atoms with Crippen molar-refractivity contribution >= 4 is 11.7 Å². The number of ether oxygens (including phenoxy) is 1. The summed E-state index contributed by atoms with van der Waals surface area (Å²) in [5.74, 6) is 0.551. The van der Waals surface area contributed by atoms with Crippen LogP contribution in [0.25, 0.3) is 0 Å². The molecule has 0 bridgehead atoms. The van der Waals surface area contributed by atoms with E-state index in [0.29, 0.717) is 18.9 Å². The Morgan fingerprint density at radius 1 is 1.61 bits per heavy atom. The van der Waals surface area contributed by atoms with Gasteiger partial charge in [-0.1, -0.05) is 6.07 Å². The largest absolute Gasteiger partial charge is 0.384 e. The minimum Gasteiger partial charge on any atom is -0.384 e. The third kappa shape index (κ3) is 3.43. The van der Waals surface area contributed by atoms with Gasteiger partial charge in [-0.2, -0.15) is 0 Å². The van der Waals surface area contributed by atoms with E-state index in [4.69, 9.17) is 10.5 Å². The van der Waals surface area contributed by atoms with Gasteiger partial charge in [-0.3, -0.25) is 4.79 Å². The number of rotatable bonds is 4. The molecule has 0 aliphatic carbocycles. The van der Waals surface area contributed by atoms with E-state index in [2.05, 4.69) is 4.98 Å². The molecule has 1 aromatic heterocycles. The fourth-order valence-electron chi connectivity index (χ4n) is 2.09. The smallest absolute Gasteiger partial charge is 0.219 e. The second kappa shape index (κ2) is 5.82. The van der Waals surface area contributed by atoms with Crippen molar-refractivity contribution in [1.29, 1.82) is 0 Å². The van der Waals surface area contributed by atoms with Gasteiger partial charge in [0.2, 0.25) is 5.91 Å². The maximum absolute atomic E-state index is 11.6. The van der Waals surface area contributed by atoms with Gasteiger partial charge < -0.3 is 15.4 Å². The van der Waals surface area contributed by atoms with Gasteiger partial charge in [0, 0.05) is 32.8 Å². The second-order valence-electron chi connectivity index (χ2n) is 4.63. The molecule has 0 unspecified atom stereocenters. The molecule has 5 nitrogen and oxygen atoms in total. The third-order valence-corrected chi connectivity index (χ3v) is 3.11. The Morgan fingerprint density at radius 3 is 3.00 bits per heavy atom. The van der Waals surface area contributed by atoms with E-state index in [1.165, 1.54) is 0 Å². The maximum Gasteiger partial charge on any atom is 0.219 e. The Kier molecular flexibility index (Phi) is 4.15. The van der Waals surface area contributed by atoms with E-state index in [-0.39, 0.29) is 12.0 Å². The van der Waals surface area contributed by atoms with Crippen LogP contribution in [0.5, 0.6) is 0 Å². The van der Waals surface area contributed by atoms with Gasteiger partial charge >= 0.3 is 0 Å². The summed E-state index contributed by atoms with van der Waals surface area (Å²) in [6.07, 6.45) is 4.00. The normalized spacial score (nSPS) is 18.8. The molecule has 2 N–H and O–H groups in total. The van der Waals surface area contributed by atoms with Gasteiger partial charge in [0.25, 0.3) is 0 Å². The Labute approximate surface area is 107 Å². The van der Waals surface area contributed by atoms with Crippen LogP contribution >= 0.6 is 0 Å². The molecule has 1 saturated heterocycles. The van der Waals surface area contributed by atoms with E-state index < -0.39 is 0 Å². The summed E-state index contributed by atoms with van der Waals surface area (Å²) in [6, 6.07) is 3.65. The molecule has 0 spiro atoms. The molecule has 5 heteroatoms. The van der Waals surface area contributed by atoms with Gasteiger partial charge in [0.1, 0.15) is 5.82 Å². The van der Waals surface area contributed by atoms with Gasteiger partial charge in [0.15, 0.2) is 0 Å². The van der Waals surface area contributed by atoms with Gasteiger partial charge in [-0.05, 0) is 24.5 Å². The monoisotopic (exact) mass is 249 g/mol. The number of carbonyl (C=O) groups is 1. The highest BCUT2D eigenvalue weighted by molar-refractivity contribution is 5.73. The first kappa shape index (κ1) is 12.8. The minimum absolute atomic E-state index is 0.0577. The lowest BCUT2D eigenvalue weighted by Gasteiger charge is -2.24. The van der Waals surface area contributed by atoms with Crippen LogP contribution < -0.4 is 5.73 Å².